The lowest BCUT2D eigenvalue weighted by molar-refractivity contribution is -0.136. The maximum absolute atomic E-state index is 11.6. The molecule has 0 aromatic heterocycles. The molecule has 3 rings (SSSR count). The number of benzene rings is 2. The highest BCUT2D eigenvalue weighted by Gasteiger charge is 2.26. The molecule has 2 aromatic carbocycles. The highest BCUT2D eigenvalue weighted by atomic mass is 16.5. The molecule has 0 amide bonds. The van der Waals surface area contributed by atoms with E-state index in [1.165, 1.54) is 29.4 Å². The van der Waals surface area contributed by atoms with Crippen molar-refractivity contribution in [3.8, 4) is 11.1 Å². The van der Waals surface area contributed by atoms with Crippen LogP contribution in [0.1, 0.15) is 24.0 Å². The molecule has 2 heteroatoms. The van der Waals surface area contributed by atoms with Gasteiger partial charge in [-0.15, -0.1) is 0 Å². The third kappa shape index (κ3) is 1.94. The number of hydrogen-bond donors (Lipinski definition) is 0. The summed E-state index contributed by atoms with van der Waals surface area (Å²) in [4.78, 5) is 11.6. The average molecular weight is 264 g/mol. The summed E-state index contributed by atoms with van der Waals surface area (Å²) in [5.74, 6) is -0.145. The fourth-order valence-corrected chi connectivity index (χ4v) is 2.85. The van der Waals surface area contributed by atoms with Crippen LogP contribution in [0.3, 0.4) is 0 Å². The van der Waals surface area contributed by atoms with E-state index in [4.69, 9.17) is 4.74 Å². The second-order valence-corrected chi connectivity index (χ2v) is 4.99. The summed E-state index contributed by atoms with van der Waals surface area (Å²) in [5, 5.41) is 0. The summed E-state index contributed by atoms with van der Waals surface area (Å²) in [6.07, 6.45) is 2.00. The largest absolute Gasteiger partial charge is 0.466 e. The van der Waals surface area contributed by atoms with Crippen molar-refractivity contribution >= 4 is 5.97 Å². The van der Waals surface area contributed by atoms with Crippen LogP contribution in [-0.4, -0.2) is 13.1 Å². The van der Waals surface area contributed by atoms with Gasteiger partial charge in [-0.1, -0.05) is 54.6 Å². The van der Waals surface area contributed by atoms with Crippen molar-refractivity contribution in [3.05, 3.63) is 71.3 Å². The average Bonchev–Trinajstić information content (AvgIpc) is 2.81. The lowest BCUT2D eigenvalue weighted by Crippen LogP contribution is -2.04. The zero-order valence-corrected chi connectivity index (χ0v) is 11.6. The van der Waals surface area contributed by atoms with Gasteiger partial charge in [0.1, 0.15) is 0 Å². The molecule has 100 valence electrons. The number of fused-ring (bicyclic) bond motifs is 3. The first-order chi connectivity index (χ1) is 9.72. The number of rotatable bonds is 2. The van der Waals surface area contributed by atoms with Crippen molar-refractivity contribution in [2.24, 2.45) is 0 Å². The van der Waals surface area contributed by atoms with E-state index in [-0.39, 0.29) is 11.9 Å². The maximum atomic E-state index is 11.6. The molecular formula is C18H16O2. The topological polar surface area (TPSA) is 26.3 Å². The number of carbonyl (C=O) groups is 1. The lowest BCUT2D eigenvalue weighted by atomic mass is 9.95. The minimum absolute atomic E-state index is 0.126. The molecule has 0 fully saturated rings. The second kappa shape index (κ2) is 4.97. The number of hydrogen-bond acceptors (Lipinski definition) is 2. The Morgan fingerprint density at radius 2 is 1.50 bits per heavy atom. The van der Waals surface area contributed by atoms with Crippen molar-refractivity contribution in [3.63, 3.8) is 0 Å². The summed E-state index contributed by atoms with van der Waals surface area (Å²) >= 11 is 0. The molecule has 1 aliphatic rings. The highest BCUT2D eigenvalue weighted by molar-refractivity contribution is 5.89. The van der Waals surface area contributed by atoms with Gasteiger partial charge in [-0.05, 0) is 29.2 Å². The summed E-state index contributed by atoms with van der Waals surface area (Å²) in [5.41, 5.74) is 5.64. The van der Waals surface area contributed by atoms with Gasteiger partial charge in [0.2, 0.25) is 0 Å². The quantitative estimate of drug-likeness (QED) is 0.607. The minimum Gasteiger partial charge on any atom is -0.466 e. The van der Waals surface area contributed by atoms with E-state index in [1.807, 2.05) is 18.2 Å². The van der Waals surface area contributed by atoms with Crippen LogP contribution in [0.15, 0.2) is 60.2 Å². The van der Waals surface area contributed by atoms with E-state index in [1.54, 1.807) is 6.92 Å². The van der Waals surface area contributed by atoms with Crippen LogP contribution in [0.5, 0.6) is 0 Å². The van der Waals surface area contributed by atoms with E-state index < -0.39 is 0 Å². The monoisotopic (exact) mass is 264 g/mol. The predicted molar refractivity (Wildman–Crippen MR) is 79.5 cm³/mol. The van der Waals surface area contributed by atoms with Crippen molar-refractivity contribution in [2.75, 3.05) is 7.11 Å². The van der Waals surface area contributed by atoms with Gasteiger partial charge in [0, 0.05) is 11.5 Å². The van der Waals surface area contributed by atoms with Crippen molar-refractivity contribution in [2.45, 2.75) is 12.8 Å². The first kappa shape index (κ1) is 12.7. The zero-order chi connectivity index (χ0) is 14.1. The van der Waals surface area contributed by atoms with Crippen molar-refractivity contribution < 1.29 is 9.53 Å². The molecule has 0 radical (unpaired) electrons. The minimum atomic E-state index is -0.271. The van der Waals surface area contributed by atoms with Crippen LogP contribution in [0.4, 0.5) is 0 Å². The Balaban J connectivity index is 2.14. The molecule has 20 heavy (non-hydrogen) atoms. The summed E-state index contributed by atoms with van der Waals surface area (Å²) in [7, 11) is 1.41. The number of ether oxygens (including phenoxy) is 1. The van der Waals surface area contributed by atoms with Crippen LogP contribution < -0.4 is 0 Å². The van der Waals surface area contributed by atoms with Gasteiger partial charge in [0.15, 0.2) is 0 Å². The number of methoxy groups -OCH3 is 1. The molecule has 0 bridgehead atoms. The molecule has 1 aliphatic carbocycles. The van der Waals surface area contributed by atoms with Crippen LogP contribution in [0.2, 0.25) is 0 Å². The summed E-state index contributed by atoms with van der Waals surface area (Å²) < 4.78 is 4.79. The molecule has 0 unspecified atom stereocenters. The van der Waals surface area contributed by atoms with Gasteiger partial charge in [-0.3, -0.25) is 0 Å². The van der Waals surface area contributed by atoms with E-state index >= 15 is 0 Å². The molecule has 2 nitrogen and oxygen atoms in total. The first-order valence-corrected chi connectivity index (χ1v) is 6.67. The van der Waals surface area contributed by atoms with E-state index in [0.29, 0.717) is 5.57 Å². The Morgan fingerprint density at radius 3 is 2.00 bits per heavy atom. The molecule has 0 atom stereocenters. The smallest absolute Gasteiger partial charge is 0.333 e. The Hall–Kier alpha value is -2.35. The number of esters is 1. The van der Waals surface area contributed by atoms with E-state index in [2.05, 4.69) is 36.4 Å². The first-order valence-electron chi connectivity index (χ1n) is 6.67. The Bertz CT molecular complexity index is 653. The maximum Gasteiger partial charge on any atom is 0.333 e. The third-order valence-corrected chi connectivity index (χ3v) is 3.81. The lowest BCUT2D eigenvalue weighted by Gasteiger charge is -2.10. The highest BCUT2D eigenvalue weighted by Crippen LogP contribution is 2.45. The van der Waals surface area contributed by atoms with Crippen molar-refractivity contribution in [1.82, 2.24) is 0 Å². The third-order valence-electron chi connectivity index (χ3n) is 3.81. The van der Waals surface area contributed by atoms with Crippen LogP contribution in [-0.2, 0) is 9.53 Å². The molecule has 0 N–H and O–H groups in total. The van der Waals surface area contributed by atoms with Crippen LogP contribution in [0.25, 0.3) is 11.1 Å². The normalized spacial score (nSPS) is 13.8. The summed E-state index contributed by atoms with van der Waals surface area (Å²) in [6.45, 7) is 1.80. The zero-order valence-electron chi connectivity index (χ0n) is 11.6. The molecule has 0 heterocycles. The van der Waals surface area contributed by atoms with Gasteiger partial charge in [-0.25, -0.2) is 4.79 Å². The SMILES string of the molecule is COC(=O)C(C)=CC1c2ccccc2-c2ccccc21. The molecule has 0 spiro atoms. The molecule has 0 saturated carbocycles. The fourth-order valence-electron chi connectivity index (χ4n) is 2.85. The second-order valence-electron chi connectivity index (χ2n) is 4.99. The fraction of sp³-hybridized carbons (Fsp3) is 0.167. The van der Waals surface area contributed by atoms with Crippen LogP contribution in [0, 0.1) is 0 Å². The van der Waals surface area contributed by atoms with Crippen molar-refractivity contribution in [1.29, 1.82) is 0 Å². The molecule has 0 aliphatic heterocycles. The Morgan fingerprint density at radius 1 is 1.00 bits per heavy atom. The van der Waals surface area contributed by atoms with E-state index in [0.717, 1.165) is 0 Å². The molecule has 2 aromatic rings. The number of allylic oxidation sites excluding steroid dienone is 1. The molecular weight excluding hydrogens is 248 g/mol. The van der Waals surface area contributed by atoms with Gasteiger partial charge in [0.05, 0.1) is 7.11 Å². The predicted octanol–water partition coefficient (Wildman–Crippen LogP) is 3.92. The Kier molecular flexibility index (Phi) is 3.15. The molecule has 0 saturated heterocycles. The van der Waals surface area contributed by atoms with Crippen LogP contribution >= 0.6 is 0 Å². The van der Waals surface area contributed by atoms with Gasteiger partial charge >= 0.3 is 5.97 Å². The standard InChI is InChI=1S/C18H16O2/c1-12(18(19)20-2)11-17-15-9-5-3-7-13(15)14-8-4-6-10-16(14)17/h3-11,17H,1-2H3. The Labute approximate surface area is 118 Å². The number of carbonyl (C=O) groups excluding carboxylic acids is 1. The van der Waals surface area contributed by atoms with Gasteiger partial charge in [0.25, 0.3) is 0 Å². The van der Waals surface area contributed by atoms with Gasteiger partial charge < -0.3 is 4.74 Å². The van der Waals surface area contributed by atoms with Gasteiger partial charge in [-0.2, -0.15) is 0 Å². The van der Waals surface area contributed by atoms with E-state index in [9.17, 15) is 4.79 Å². The summed E-state index contributed by atoms with van der Waals surface area (Å²) in [6, 6.07) is 16.7.